The van der Waals surface area contributed by atoms with Gasteiger partial charge in [-0.2, -0.15) is 0 Å². The maximum atomic E-state index is 14.3. The minimum Gasteiger partial charge on any atom is -0.497 e. The van der Waals surface area contributed by atoms with Crippen molar-refractivity contribution in [2.24, 2.45) is 5.16 Å². The lowest BCUT2D eigenvalue weighted by Gasteiger charge is -2.49. The fourth-order valence-corrected chi connectivity index (χ4v) is 9.04. The zero-order valence-corrected chi connectivity index (χ0v) is 36.2. The van der Waals surface area contributed by atoms with Crippen LogP contribution < -0.4 is 15.4 Å². The Balaban J connectivity index is 1.18. The number of carboxylic acids is 1. The van der Waals surface area contributed by atoms with E-state index in [9.17, 15) is 24.3 Å². The van der Waals surface area contributed by atoms with Gasteiger partial charge in [0.2, 0.25) is 5.60 Å². The predicted octanol–water partition coefficient (Wildman–Crippen LogP) is 7.33. The molecule has 4 aromatic carbocycles. The molecular weight excluding hydrogens is 850 g/mol. The van der Waals surface area contributed by atoms with Crippen LogP contribution in [0.4, 0.5) is 5.13 Å². The van der Waals surface area contributed by atoms with Crippen LogP contribution in [0.25, 0.3) is 0 Å². The minimum atomic E-state index is -1.83. The van der Waals surface area contributed by atoms with Crippen LogP contribution in [0, 0.1) is 0 Å². The molecule has 7 rings (SSSR count). The molecule has 0 spiro atoms. The van der Waals surface area contributed by atoms with E-state index in [1.165, 1.54) is 41.8 Å². The number of halogens is 1. The van der Waals surface area contributed by atoms with Crippen molar-refractivity contribution in [3.05, 3.63) is 172 Å². The Kier molecular flexibility index (Phi) is 13.4. The summed E-state index contributed by atoms with van der Waals surface area (Å²) < 4.78 is 10.9. The van der Waals surface area contributed by atoms with Crippen molar-refractivity contribution in [3.8, 4) is 5.75 Å². The van der Waals surface area contributed by atoms with Crippen molar-refractivity contribution in [1.29, 1.82) is 0 Å². The summed E-state index contributed by atoms with van der Waals surface area (Å²) in [5.74, 6) is -2.30. The summed E-state index contributed by atoms with van der Waals surface area (Å²) in [6.45, 7) is 2.53. The third kappa shape index (κ3) is 9.10. The van der Waals surface area contributed by atoms with Crippen molar-refractivity contribution in [3.63, 3.8) is 0 Å². The lowest BCUT2D eigenvalue weighted by Crippen LogP contribution is -2.71. The molecule has 1 saturated heterocycles. The fraction of sp³-hybridized carbons (Fsp3) is 0.217. The molecule has 3 N–H and O–H groups in total. The van der Waals surface area contributed by atoms with E-state index < -0.39 is 46.3 Å². The van der Waals surface area contributed by atoms with Gasteiger partial charge in [0, 0.05) is 17.0 Å². The first-order valence-electron chi connectivity index (χ1n) is 19.4. The molecule has 2 atom stereocenters. The van der Waals surface area contributed by atoms with Gasteiger partial charge in [-0.1, -0.05) is 120 Å². The molecule has 0 bridgehead atoms. The maximum Gasteiger partial charge on any atom is 0.355 e. The smallest absolute Gasteiger partial charge is 0.355 e. The second-order valence-electron chi connectivity index (χ2n) is 14.6. The molecule has 0 aliphatic carbocycles. The topological polar surface area (TPSA) is 169 Å². The molecule has 2 amide bonds. The predicted molar refractivity (Wildman–Crippen MR) is 239 cm³/mol. The van der Waals surface area contributed by atoms with Crippen LogP contribution in [0.5, 0.6) is 5.75 Å². The number of thiazole rings is 1. The van der Waals surface area contributed by atoms with Crippen LogP contribution in [-0.4, -0.2) is 80.2 Å². The van der Waals surface area contributed by atoms with Crippen molar-refractivity contribution in [1.82, 2.24) is 15.2 Å². The molecular formula is C46H42ClN5O8S2. The standard InChI is InChI=1S/C46H42ClN5O8S2/c1-45(2,43(56)57)60-51-36(35-28-62-44(48-35)50-46(31-15-7-4-8-16-31,32-17-9-5-10-18-32)33-19-11-6-12-20-33)39(53)49-37-40(54)52-38(30(14-13-25-47)27-61-41(37)52)42(55)59-26-29-21-23-34(58-3)24-22-29/h4-24,28,37,41H,25-27H2,1-3H3,(H,48,50)(H,49,53)(H,56,57)/b14-13-,51-36+/t37-,41-/m1/s1. The van der Waals surface area contributed by atoms with Crippen LogP contribution in [0.2, 0.25) is 0 Å². The van der Waals surface area contributed by atoms with Gasteiger partial charge in [-0.05, 0) is 53.8 Å². The van der Waals surface area contributed by atoms with Crippen LogP contribution in [0.15, 0.2) is 149 Å². The van der Waals surface area contributed by atoms with Crippen LogP contribution in [0.1, 0.15) is 41.8 Å². The number of β-lactam (4-membered cyclic amide) rings is 1. The average molecular weight is 892 g/mol. The normalized spacial score (nSPS) is 16.6. The first kappa shape index (κ1) is 43.7. The number of alkyl halides is 1. The number of hydrogen-bond donors (Lipinski definition) is 3. The van der Waals surface area contributed by atoms with Gasteiger partial charge in [0.05, 0.1) is 7.11 Å². The van der Waals surface area contributed by atoms with Crippen molar-refractivity contribution in [2.45, 2.75) is 43.0 Å². The van der Waals surface area contributed by atoms with E-state index >= 15 is 0 Å². The van der Waals surface area contributed by atoms with Crippen LogP contribution in [-0.2, 0) is 40.9 Å². The molecule has 0 saturated carbocycles. The summed E-state index contributed by atoms with van der Waals surface area (Å²) in [5, 5.41) is 21.6. The third-order valence-corrected chi connectivity index (χ3v) is 12.4. The lowest BCUT2D eigenvalue weighted by atomic mass is 9.77. The Morgan fingerprint density at radius 2 is 1.53 bits per heavy atom. The van der Waals surface area contributed by atoms with Crippen molar-refractivity contribution < 1.29 is 38.6 Å². The van der Waals surface area contributed by atoms with E-state index in [4.69, 9.17) is 30.9 Å². The number of rotatable bonds is 17. The highest BCUT2D eigenvalue weighted by atomic mass is 35.5. The molecule has 5 aromatic rings. The molecule has 16 heteroatoms. The summed E-state index contributed by atoms with van der Waals surface area (Å²) >= 11 is 8.48. The van der Waals surface area contributed by atoms with E-state index in [0.29, 0.717) is 27.8 Å². The van der Waals surface area contributed by atoms with Gasteiger partial charge in [-0.3, -0.25) is 14.5 Å². The molecule has 0 radical (unpaired) electrons. The summed E-state index contributed by atoms with van der Waals surface area (Å²) in [4.78, 5) is 65.6. The van der Waals surface area contributed by atoms with E-state index in [1.54, 1.807) is 48.9 Å². The summed E-state index contributed by atoms with van der Waals surface area (Å²) in [6, 6.07) is 35.6. The van der Waals surface area contributed by atoms with E-state index in [-0.39, 0.29) is 29.6 Å². The number of hydrogen-bond acceptors (Lipinski definition) is 12. The number of nitrogens with one attached hydrogen (secondary N) is 2. The lowest BCUT2D eigenvalue weighted by molar-refractivity contribution is -0.161. The number of nitrogens with zero attached hydrogens (tertiary/aromatic N) is 3. The van der Waals surface area contributed by atoms with Crippen molar-refractivity contribution >= 4 is 69.3 Å². The first-order valence-corrected chi connectivity index (χ1v) is 21.8. The number of carboxylic acid groups (broad SMARTS) is 1. The number of anilines is 1. The Labute approximate surface area is 371 Å². The van der Waals surface area contributed by atoms with E-state index in [0.717, 1.165) is 16.7 Å². The van der Waals surface area contributed by atoms with Gasteiger partial charge >= 0.3 is 11.9 Å². The highest BCUT2D eigenvalue weighted by Crippen LogP contribution is 2.42. The number of aliphatic carboxylic acids is 1. The van der Waals surface area contributed by atoms with Gasteiger partial charge in [-0.15, -0.1) is 34.7 Å². The fourth-order valence-electron chi connectivity index (χ4n) is 6.88. The maximum absolute atomic E-state index is 14.3. The van der Waals surface area contributed by atoms with Gasteiger partial charge in [0.15, 0.2) is 10.8 Å². The van der Waals surface area contributed by atoms with Crippen molar-refractivity contribution in [2.75, 3.05) is 24.1 Å². The minimum absolute atomic E-state index is 0.0495. The second-order valence-corrected chi connectivity index (χ2v) is 16.8. The number of oxime groups is 1. The number of ether oxygens (including phenoxy) is 2. The highest BCUT2D eigenvalue weighted by Gasteiger charge is 2.54. The SMILES string of the molecule is COc1ccc(COC(=O)C2=C(/C=C\CCl)CS[C@@H]3[C@H](NC(=O)/C(=N/OC(C)(C)C(=O)O)c4csc(NC(c5ccccc5)(c5ccccc5)c5ccccc5)n4)C(=O)N23)cc1. The molecule has 318 valence electrons. The Morgan fingerprint density at radius 1 is 0.935 bits per heavy atom. The van der Waals surface area contributed by atoms with Gasteiger partial charge in [-0.25, -0.2) is 14.6 Å². The molecule has 0 unspecified atom stereocenters. The molecule has 1 aromatic heterocycles. The zero-order valence-electron chi connectivity index (χ0n) is 33.8. The van der Waals surface area contributed by atoms with Gasteiger partial charge in [0.1, 0.15) is 40.7 Å². The van der Waals surface area contributed by atoms with E-state index in [1.807, 2.05) is 91.0 Å². The second kappa shape index (κ2) is 19.1. The Hall–Kier alpha value is -6.42. The average Bonchev–Trinajstić information content (AvgIpc) is 3.76. The number of amides is 2. The number of methoxy groups -OCH3 is 1. The third-order valence-electron chi connectivity index (χ3n) is 10.2. The summed E-state index contributed by atoms with van der Waals surface area (Å²) in [5.41, 5.74) is 0.998. The number of fused-ring (bicyclic) bond motifs is 1. The summed E-state index contributed by atoms with van der Waals surface area (Å²) in [7, 11) is 1.55. The quantitative estimate of drug-likeness (QED) is 0.0214. The van der Waals surface area contributed by atoms with Crippen LogP contribution >= 0.6 is 34.7 Å². The first-order chi connectivity index (χ1) is 30.0. The largest absolute Gasteiger partial charge is 0.497 e. The molecule has 3 heterocycles. The molecule has 1 fully saturated rings. The number of benzene rings is 4. The Morgan fingerprint density at radius 3 is 2.08 bits per heavy atom. The van der Waals surface area contributed by atoms with Gasteiger partial charge < -0.3 is 30.1 Å². The number of carbonyl (C=O) groups is 4. The molecule has 2 aliphatic rings. The number of thioether (sulfide) groups is 1. The van der Waals surface area contributed by atoms with Crippen LogP contribution in [0.3, 0.4) is 0 Å². The summed E-state index contributed by atoms with van der Waals surface area (Å²) in [6.07, 6.45) is 3.35. The number of allylic oxidation sites excluding steroid dienone is 2. The van der Waals surface area contributed by atoms with E-state index in [2.05, 4.69) is 15.8 Å². The zero-order chi connectivity index (χ0) is 43.9. The highest BCUT2D eigenvalue weighted by molar-refractivity contribution is 8.00. The Bertz CT molecular complexity index is 2420. The number of aromatic nitrogens is 1. The monoisotopic (exact) mass is 891 g/mol. The van der Waals surface area contributed by atoms with Gasteiger partial charge in [0.25, 0.3) is 11.8 Å². The number of esters is 1. The molecule has 2 aliphatic heterocycles. The molecule has 62 heavy (non-hydrogen) atoms. The molecule has 13 nitrogen and oxygen atoms in total. The number of carbonyl (C=O) groups excluding carboxylic acids is 3.